The fourth-order valence-corrected chi connectivity index (χ4v) is 1.25. The van der Waals surface area contributed by atoms with Crippen molar-refractivity contribution in [2.24, 2.45) is 0 Å². The van der Waals surface area contributed by atoms with Crippen molar-refractivity contribution in [2.45, 2.75) is 5.33 Å². The Bertz CT molecular complexity index is 233. The van der Waals surface area contributed by atoms with Crippen LogP contribution in [0.1, 0.15) is 11.1 Å². The van der Waals surface area contributed by atoms with Crippen LogP contribution in [0.25, 0.3) is 0 Å². The van der Waals surface area contributed by atoms with Gasteiger partial charge in [0.2, 0.25) is 0 Å². The van der Waals surface area contributed by atoms with E-state index in [0.29, 0.717) is 10.9 Å². The van der Waals surface area contributed by atoms with Gasteiger partial charge >= 0.3 is 0 Å². The maximum atomic E-state index is 12.7. The van der Waals surface area contributed by atoms with Gasteiger partial charge in [-0.05, 0) is 24.1 Å². The Balaban J connectivity index is 3.14. The van der Waals surface area contributed by atoms with Crippen molar-refractivity contribution >= 4 is 15.9 Å². The number of hydrogen-bond acceptors (Lipinski definition) is 0. The molecule has 0 atom stereocenters. The molecule has 0 heterocycles. The van der Waals surface area contributed by atoms with Crippen LogP contribution in [0.4, 0.5) is 4.39 Å². The number of alkyl halides is 1. The Labute approximate surface area is 68.2 Å². The fourth-order valence-electron chi connectivity index (χ4n) is 0.729. The summed E-state index contributed by atoms with van der Waals surface area (Å²) in [6, 6.07) is 4.94. The van der Waals surface area contributed by atoms with Gasteiger partial charge in [0.25, 0.3) is 0 Å². The molecule has 2 heteroatoms. The molecule has 0 aliphatic heterocycles. The summed E-state index contributed by atoms with van der Waals surface area (Å²) in [6.07, 6.45) is 0. The first kappa shape index (κ1) is 7.73. The number of rotatable bonds is 1. The van der Waals surface area contributed by atoms with Gasteiger partial charge in [-0.2, -0.15) is 0 Å². The van der Waals surface area contributed by atoms with E-state index in [-0.39, 0.29) is 5.82 Å². The molecular weight excluding hydrogens is 195 g/mol. The highest BCUT2D eigenvalue weighted by atomic mass is 79.9. The van der Waals surface area contributed by atoms with Crippen LogP contribution < -0.4 is 0 Å². The van der Waals surface area contributed by atoms with E-state index in [1.807, 2.05) is 6.07 Å². The Morgan fingerprint density at radius 3 is 2.70 bits per heavy atom. The first-order valence-corrected chi connectivity index (χ1v) is 4.03. The zero-order valence-corrected chi connectivity index (χ0v) is 6.99. The van der Waals surface area contributed by atoms with Crippen molar-refractivity contribution in [3.05, 3.63) is 42.1 Å². The van der Waals surface area contributed by atoms with Gasteiger partial charge < -0.3 is 0 Å². The molecule has 0 aliphatic carbocycles. The average Bonchev–Trinajstić information content (AvgIpc) is 1.95. The molecule has 10 heavy (non-hydrogen) atoms. The molecule has 1 rings (SSSR count). The third-order valence-corrected chi connectivity index (χ3v) is 1.96. The number of benzene rings is 1. The van der Waals surface area contributed by atoms with Crippen LogP contribution in [0.15, 0.2) is 18.2 Å². The van der Waals surface area contributed by atoms with Crippen molar-refractivity contribution in [3.8, 4) is 0 Å². The minimum atomic E-state index is -0.239. The second kappa shape index (κ2) is 3.15. The summed E-state index contributed by atoms with van der Waals surface area (Å²) in [4.78, 5) is 0. The standard InChI is InChI=1S/C8H7BrF/c1-6-7(5-9)3-2-4-8(6)10/h2-4H,1,5H2. The van der Waals surface area contributed by atoms with Gasteiger partial charge in [0.1, 0.15) is 5.82 Å². The summed E-state index contributed by atoms with van der Waals surface area (Å²) in [7, 11) is 0. The highest BCUT2D eigenvalue weighted by molar-refractivity contribution is 9.08. The van der Waals surface area contributed by atoms with Gasteiger partial charge in [-0.25, -0.2) is 4.39 Å². The van der Waals surface area contributed by atoms with E-state index in [4.69, 9.17) is 0 Å². The van der Waals surface area contributed by atoms with Gasteiger partial charge in [0.15, 0.2) is 0 Å². The molecule has 0 saturated carbocycles. The summed E-state index contributed by atoms with van der Waals surface area (Å²) >= 11 is 3.24. The Kier molecular flexibility index (Phi) is 2.44. The fraction of sp³-hybridized carbons (Fsp3) is 0.125. The van der Waals surface area contributed by atoms with E-state index >= 15 is 0 Å². The van der Waals surface area contributed by atoms with E-state index in [0.717, 1.165) is 5.56 Å². The first-order valence-electron chi connectivity index (χ1n) is 2.91. The second-order valence-corrected chi connectivity index (χ2v) is 2.57. The van der Waals surface area contributed by atoms with E-state index in [1.54, 1.807) is 6.07 Å². The number of hydrogen-bond donors (Lipinski definition) is 0. The molecule has 1 aromatic carbocycles. The second-order valence-electron chi connectivity index (χ2n) is 2.01. The van der Waals surface area contributed by atoms with Crippen molar-refractivity contribution in [1.82, 2.24) is 0 Å². The normalized spacial score (nSPS) is 9.90. The lowest BCUT2D eigenvalue weighted by Crippen LogP contribution is -1.87. The van der Waals surface area contributed by atoms with Crippen LogP contribution >= 0.6 is 15.9 Å². The maximum absolute atomic E-state index is 12.7. The summed E-state index contributed by atoms with van der Waals surface area (Å²) in [5.74, 6) is -0.239. The molecule has 1 radical (unpaired) electrons. The molecule has 0 nitrogen and oxygen atoms in total. The molecule has 53 valence electrons. The molecule has 0 fully saturated rings. The lowest BCUT2D eigenvalue weighted by molar-refractivity contribution is 0.621. The van der Waals surface area contributed by atoms with Crippen LogP contribution in [0.5, 0.6) is 0 Å². The molecule has 0 unspecified atom stereocenters. The summed E-state index contributed by atoms with van der Waals surface area (Å²) in [6.45, 7) is 3.59. The van der Waals surface area contributed by atoms with Crippen LogP contribution in [-0.4, -0.2) is 0 Å². The SMILES string of the molecule is [CH2]c1c(F)cccc1CBr. The lowest BCUT2D eigenvalue weighted by Gasteiger charge is -2.00. The minimum absolute atomic E-state index is 0.239. The zero-order valence-electron chi connectivity index (χ0n) is 5.40. The van der Waals surface area contributed by atoms with Crippen LogP contribution in [-0.2, 0) is 5.33 Å². The Morgan fingerprint density at radius 2 is 2.20 bits per heavy atom. The highest BCUT2D eigenvalue weighted by Gasteiger charge is 1.99. The molecular formula is C8H7BrF. The van der Waals surface area contributed by atoms with Gasteiger partial charge in [-0.3, -0.25) is 0 Å². The third-order valence-electron chi connectivity index (χ3n) is 1.36. The van der Waals surface area contributed by atoms with E-state index in [2.05, 4.69) is 22.9 Å². The molecule has 0 N–H and O–H groups in total. The predicted octanol–water partition coefficient (Wildman–Crippen LogP) is 2.90. The predicted molar refractivity (Wildman–Crippen MR) is 43.5 cm³/mol. The Hall–Kier alpha value is -0.370. The van der Waals surface area contributed by atoms with Crippen LogP contribution in [0.3, 0.4) is 0 Å². The number of halogens is 2. The van der Waals surface area contributed by atoms with Crippen LogP contribution in [0.2, 0.25) is 0 Å². The van der Waals surface area contributed by atoms with Gasteiger partial charge in [-0.15, -0.1) is 0 Å². The Morgan fingerprint density at radius 1 is 1.50 bits per heavy atom. The molecule has 1 aromatic rings. The molecule has 0 amide bonds. The molecule has 0 saturated heterocycles. The molecule has 0 aromatic heterocycles. The highest BCUT2D eigenvalue weighted by Crippen LogP contribution is 2.14. The topological polar surface area (TPSA) is 0 Å². The molecule has 0 aliphatic rings. The molecule has 0 spiro atoms. The van der Waals surface area contributed by atoms with Gasteiger partial charge in [-0.1, -0.05) is 28.1 Å². The van der Waals surface area contributed by atoms with Crippen LogP contribution in [0, 0.1) is 12.7 Å². The summed E-state index contributed by atoms with van der Waals surface area (Å²) in [5.41, 5.74) is 1.39. The smallest absolute Gasteiger partial charge is 0.126 e. The first-order chi connectivity index (χ1) is 4.75. The van der Waals surface area contributed by atoms with E-state index in [1.165, 1.54) is 6.07 Å². The van der Waals surface area contributed by atoms with Crippen molar-refractivity contribution < 1.29 is 4.39 Å². The summed E-state index contributed by atoms with van der Waals surface area (Å²) < 4.78 is 12.7. The zero-order chi connectivity index (χ0) is 7.56. The maximum Gasteiger partial charge on any atom is 0.126 e. The quantitative estimate of drug-likeness (QED) is 0.614. The van der Waals surface area contributed by atoms with Crippen molar-refractivity contribution in [3.63, 3.8) is 0 Å². The molecule has 0 bridgehead atoms. The van der Waals surface area contributed by atoms with Crippen molar-refractivity contribution in [2.75, 3.05) is 0 Å². The van der Waals surface area contributed by atoms with Crippen molar-refractivity contribution in [1.29, 1.82) is 0 Å². The van der Waals surface area contributed by atoms with E-state index < -0.39 is 0 Å². The van der Waals surface area contributed by atoms with E-state index in [9.17, 15) is 4.39 Å². The average molecular weight is 202 g/mol. The lowest BCUT2D eigenvalue weighted by atomic mass is 10.1. The largest absolute Gasteiger partial charge is 0.207 e. The minimum Gasteiger partial charge on any atom is -0.207 e. The monoisotopic (exact) mass is 201 g/mol. The summed E-state index contributed by atoms with van der Waals surface area (Å²) in [5, 5.41) is 0.656. The third kappa shape index (κ3) is 1.37. The van der Waals surface area contributed by atoms with Gasteiger partial charge in [0, 0.05) is 5.33 Å². The van der Waals surface area contributed by atoms with Gasteiger partial charge in [0.05, 0.1) is 0 Å².